The van der Waals surface area contributed by atoms with E-state index in [-0.39, 0.29) is 53.2 Å². The molecule has 0 saturated carbocycles. The average Bonchev–Trinajstić information content (AvgIpc) is 3.08. The summed E-state index contributed by atoms with van der Waals surface area (Å²) in [4.78, 5) is 47.6. The molecule has 2 aromatic carbocycles. The molecule has 15 heteroatoms. The van der Waals surface area contributed by atoms with Gasteiger partial charge >= 0.3 is 12.1 Å². The third kappa shape index (κ3) is 15.4. The zero-order chi connectivity index (χ0) is 34.8. The first-order valence-electron chi connectivity index (χ1n) is 15.4. The third-order valence-electron chi connectivity index (χ3n) is 7.06. The van der Waals surface area contributed by atoms with Crippen LogP contribution in [0.1, 0.15) is 66.2 Å². The average molecular weight is 738 g/mol. The van der Waals surface area contributed by atoms with Crippen LogP contribution in [-0.2, 0) is 23.4 Å². The number of carbonyl (C=O) groups excluding carboxylic acids is 4. The van der Waals surface area contributed by atoms with Gasteiger partial charge in [-0.25, -0.2) is 13.6 Å². The van der Waals surface area contributed by atoms with Gasteiger partial charge in [0.05, 0.1) is 28.5 Å². The highest BCUT2D eigenvalue weighted by Crippen LogP contribution is 2.23. The third-order valence-corrected chi connectivity index (χ3v) is 7.85. The van der Waals surface area contributed by atoms with Crippen LogP contribution in [0.4, 0.5) is 25.0 Å². The summed E-state index contributed by atoms with van der Waals surface area (Å²) in [5.41, 5.74) is 0.796. The minimum Gasteiger partial charge on any atom is -0.449 e. The number of hydrogen-bond acceptors (Lipinski definition) is 7. The molecule has 0 aromatic heterocycles. The molecule has 0 unspecified atom stereocenters. The number of amides is 3. The highest BCUT2D eigenvalue weighted by atomic mass is 35.5. The van der Waals surface area contributed by atoms with Crippen molar-refractivity contribution in [3.63, 3.8) is 0 Å². The Morgan fingerprint density at radius 2 is 1.46 bits per heavy atom. The molecule has 0 aliphatic carbocycles. The molecule has 2 atom stereocenters. The van der Waals surface area contributed by atoms with Gasteiger partial charge < -0.3 is 29.9 Å². The molecular weight excluding hydrogens is 693 g/mol. The van der Waals surface area contributed by atoms with Gasteiger partial charge in [-0.1, -0.05) is 44.5 Å². The molecule has 2 heterocycles. The molecule has 2 aliphatic heterocycles. The monoisotopic (exact) mass is 736 g/mol. The van der Waals surface area contributed by atoms with Crippen LogP contribution in [0.3, 0.4) is 0 Å². The molecule has 2 aromatic rings. The van der Waals surface area contributed by atoms with E-state index in [2.05, 4.69) is 32.1 Å². The lowest BCUT2D eigenvalue weighted by Crippen LogP contribution is -2.44. The minimum absolute atomic E-state index is 0. The van der Waals surface area contributed by atoms with Crippen LogP contribution in [0.5, 0.6) is 0 Å². The van der Waals surface area contributed by atoms with Crippen molar-refractivity contribution in [3.05, 3.63) is 58.1 Å². The molecular formula is C33H45Cl3F2N4O6. The first-order valence-corrected chi connectivity index (χ1v) is 16.5. The number of anilines is 2. The Hall–Kier alpha value is -3.19. The number of hydrogen-bond donors (Lipinski definition) is 3. The van der Waals surface area contributed by atoms with E-state index >= 15 is 0 Å². The van der Waals surface area contributed by atoms with Gasteiger partial charge in [-0.2, -0.15) is 0 Å². The van der Waals surface area contributed by atoms with Gasteiger partial charge in [-0.15, -0.1) is 0 Å². The van der Waals surface area contributed by atoms with Gasteiger partial charge in [0.2, 0.25) is 11.8 Å². The van der Waals surface area contributed by atoms with Gasteiger partial charge in [0.25, 0.3) is 0 Å². The molecule has 2 fully saturated rings. The maximum absolute atomic E-state index is 13.4. The summed E-state index contributed by atoms with van der Waals surface area (Å²) in [6.45, 7) is 6.71. The van der Waals surface area contributed by atoms with E-state index in [1.807, 2.05) is 13.8 Å². The van der Waals surface area contributed by atoms with Crippen molar-refractivity contribution in [1.82, 2.24) is 10.2 Å². The van der Waals surface area contributed by atoms with Crippen LogP contribution in [0.15, 0.2) is 36.4 Å². The number of piperidine rings is 2. The fourth-order valence-corrected chi connectivity index (χ4v) is 4.90. The van der Waals surface area contributed by atoms with E-state index in [1.54, 1.807) is 17.0 Å². The predicted octanol–water partition coefficient (Wildman–Crippen LogP) is 8.21. The number of carbonyl (C=O) groups is 4. The van der Waals surface area contributed by atoms with Crippen LogP contribution in [-0.4, -0.2) is 61.6 Å². The van der Waals surface area contributed by atoms with E-state index in [9.17, 15) is 28.0 Å². The second kappa shape index (κ2) is 23.2. The van der Waals surface area contributed by atoms with Crippen molar-refractivity contribution in [2.45, 2.75) is 66.2 Å². The topological polar surface area (TPSA) is 126 Å². The fourth-order valence-electron chi connectivity index (χ4n) is 4.59. The van der Waals surface area contributed by atoms with E-state index in [4.69, 9.17) is 27.9 Å². The number of nitrogens with one attached hydrogen (secondary N) is 3. The van der Waals surface area contributed by atoms with Gasteiger partial charge in [-0.3, -0.25) is 14.4 Å². The zero-order valence-corrected chi connectivity index (χ0v) is 28.7. The maximum atomic E-state index is 13.4. The molecule has 48 heavy (non-hydrogen) atoms. The van der Waals surface area contributed by atoms with Gasteiger partial charge in [-0.05, 0) is 81.5 Å². The summed E-state index contributed by atoms with van der Waals surface area (Å²) in [5, 5.41) is 8.60. The van der Waals surface area contributed by atoms with Crippen molar-refractivity contribution in [2.24, 2.45) is 11.8 Å². The summed E-state index contributed by atoms with van der Waals surface area (Å²) in [5.74, 6) is -2.15. The molecule has 3 N–H and O–H groups in total. The van der Waals surface area contributed by atoms with E-state index < -0.39 is 11.6 Å². The molecule has 0 spiro atoms. The lowest BCUT2D eigenvalue weighted by molar-refractivity contribution is -0.134. The summed E-state index contributed by atoms with van der Waals surface area (Å²) in [6.07, 6.45) is 4.83. The van der Waals surface area contributed by atoms with Crippen LogP contribution >= 0.6 is 35.1 Å². The molecule has 2 saturated heterocycles. The largest absolute Gasteiger partial charge is 0.449 e. The second-order valence-electron chi connectivity index (χ2n) is 10.9. The van der Waals surface area contributed by atoms with E-state index in [0.717, 1.165) is 38.6 Å². The predicted molar refractivity (Wildman–Crippen MR) is 185 cm³/mol. The summed E-state index contributed by atoms with van der Waals surface area (Å²) >= 11 is 15.9. The molecule has 0 radical (unpaired) electrons. The number of nitrogens with zero attached hydrogens (tertiary/aromatic N) is 1. The SMILES string of the molecule is C.CCCC(=O)OCl.CCCOC(=O)N1CCC[C@H](C(=O)Nc2ccc(Cl)c(F)c2)C1.O=C(Nc1ccc(Cl)c(F)c1)[C@H]1CCCNC1. The van der Waals surface area contributed by atoms with Crippen LogP contribution < -0.4 is 16.0 Å². The quantitative estimate of drug-likeness (QED) is 0.249. The Morgan fingerprint density at radius 1 is 0.896 bits per heavy atom. The zero-order valence-electron chi connectivity index (χ0n) is 26.4. The Balaban J connectivity index is 0.000000405. The van der Waals surface area contributed by atoms with Gasteiger partial charge in [0.15, 0.2) is 0 Å². The first-order chi connectivity index (χ1) is 22.5. The van der Waals surface area contributed by atoms with Gasteiger partial charge in [0, 0.05) is 37.4 Å². The highest BCUT2D eigenvalue weighted by molar-refractivity contribution is 6.31. The van der Waals surface area contributed by atoms with Crippen molar-refractivity contribution in [3.8, 4) is 0 Å². The molecule has 10 nitrogen and oxygen atoms in total. The van der Waals surface area contributed by atoms with E-state index in [1.165, 1.54) is 24.3 Å². The number of benzene rings is 2. The number of halogens is 5. The minimum atomic E-state index is -0.585. The van der Waals surface area contributed by atoms with Crippen molar-refractivity contribution >= 4 is 70.3 Å². The molecule has 4 rings (SSSR count). The second-order valence-corrected chi connectivity index (χ2v) is 11.8. The Kier molecular flexibility index (Phi) is 20.7. The summed E-state index contributed by atoms with van der Waals surface area (Å²) < 4.78 is 35.5. The fraction of sp³-hybridized carbons (Fsp3) is 0.515. The van der Waals surface area contributed by atoms with Crippen molar-refractivity contribution in [1.29, 1.82) is 0 Å². The number of rotatable bonds is 8. The summed E-state index contributed by atoms with van der Waals surface area (Å²) in [7, 11) is 0. The molecule has 268 valence electrons. The molecule has 2 aliphatic rings. The first kappa shape index (κ1) is 42.8. The molecule has 3 amide bonds. The standard InChI is InChI=1S/C16H20ClFN2O3.C12H14ClFN2O.C4H7ClO2.CH4/c1-2-8-23-16(22)20-7-3-4-11(10-20)15(21)19-12-5-6-13(17)14(18)9-12;13-10-4-3-9(6-11(10)14)16-12(17)8-2-1-5-15-7-8;1-2-3-4(6)7-5;/h5-6,9,11H,2-4,7-8,10H2,1H3,(H,19,21);3-4,6,8,15H,1-2,5,7H2,(H,16,17);2-3H2,1H3;1H4/t11-;8-;;/m00../s1. The lowest BCUT2D eigenvalue weighted by atomic mass is 9.97. The number of likely N-dealkylation sites (tertiary alicyclic amines) is 1. The Morgan fingerprint density at radius 3 is 1.92 bits per heavy atom. The lowest BCUT2D eigenvalue weighted by Gasteiger charge is -2.31. The number of ether oxygens (including phenoxy) is 1. The van der Waals surface area contributed by atoms with E-state index in [0.29, 0.717) is 50.5 Å². The van der Waals surface area contributed by atoms with Crippen molar-refractivity contribution in [2.75, 3.05) is 43.4 Å². The highest BCUT2D eigenvalue weighted by Gasteiger charge is 2.29. The smallest absolute Gasteiger partial charge is 0.409 e. The van der Waals surface area contributed by atoms with Crippen LogP contribution in [0.2, 0.25) is 10.0 Å². The van der Waals surface area contributed by atoms with Crippen molar-refractivity contribution < 1.29 is 37.0 Å². The molecule has 0 bridgehead atoms. The Labute approximate surface area is 296 Å². The van der Waals surface area contributed by atoms with Gasteiger partial charge in [0.1, 0.15) is 23.5 Å². The van der Waals surface area contributed by atoms with Crippen LogP contribution in [0.25, 0.3) is 0 Å². The summed E-state index contributed by atoms with van der Waals surface area (Å²) in [6, 6.07) is 8.37. The normalized spacial score (nSPS) is 16.8. The maximum Gasteiger partial charge on any atom is 0.409 e. The Bertz CT molecular complexity index is 1330. The van der Waals surface area contributed by atoms with Crippen LogP contribution in [0, 0.1) is 23.5 Å².